The van der Waals surface area contributed by atoms with E-state index in [4.69, 9.17) is 17.4 Å². The molecule has 0 bridgehead atoms. The number of amides is 1. The number of hydrogen-bond donors (Lipinski definition) is 2. The molecule has 1 amide bonds. The Hall–Kier alpha value is -2.18. The van der Waals surface area contributed by atoms with E-state index >= 15 is 0 Å². The third-order valence-electron chi connectivity index (χ3n) is 3.75. The number of nitrogens with two attached hydrogens (primary N) is 1. The van der Waals surface area contributed by atoms with E-state index in [0.29, 0.717) is 9.09 Å². The molecule has 0 saturated carbocycles. The van der Waals surface area contributed by atoms with Crippen molar-refractivity contribution in [2.45, 2.75) is 6.18 Å². The number of hydrogen-bond acceptors (Lipinski definition) is 4. The number of nitrogens with one attached hydrogen (secondary N) is 1. The molecule has 3 aromatic rings. The molecule has 27 heavy (non-hydrogen) atoms. The van der Waals surface area contributed by atoms with Gasteiger partial charge in [0.15, 0.2) is 0 Å². The van der Waals surface area contributed by atoms with E-state index in [9.17, 15) is 22.8 Å². The highest BCUT2D eigenvalue weighted by molar-refractivity contribution is 14.1. The number of nitrogen functional groups attached to an aromatic ring is 1. The topological polar surface area (TPSA) is 90.0 Å². The number of alkyl halides is 3. The van der Waals surface area contributed by atoms with Gasteiger partial charge < -0.3 is 0 Å². The van der Waals surface area contributed by atoms with Gasteiger partial charge in [0.2, 0.25) is 0 Å². The number of aromatic nitrogens is 2. The second-order valence-electron chi connectivity index (χ2n) is 5.37. The first-order chi connectivity index (χ1) is 12.6. The van der Waals surface area contributed by atoms with Crippen LogP contribution in [0.5, 0.6) is 0 Å². The summed E-state index contributed by atoms with van der Waals surface area (Å²) in [4.78, 5) is 24.6. The van der Waals surface area contributed by atoms with Crippen molar-refractivity contribution in [1.82, 2.24) is 15.2 Å². The second kappa shape index (κ2) is 7.09. The van der Waals surface area contributed by atoms with Crippen molar-refractivity contribution in [2.75, 3.05) is 0 Å². The normalized spacial score (nSPS) is 11.6. The Labute approximate surface area is 168 Å². The summed E-state index contributed by atoms with van der Waals surface area (Å²) in [5, 5.41) is 4.15. The summed E-state index contributed by atoms with van der Waals surface area (Å²) >= 11 is 7.74. The third kappa shape index (κ3) is 3.51. The zero-order valence-corrected chi connectivity index (χ0v) is 16.1. The molecule has 1 heterocycles. The Morgan fingerprint density at radius 2 is 1.93 bits per heavy atom. The van der Waals surface area contributed by atoms with Gasteiger partial charge in [0.05, 0.1) is 21.7 Å². The number of fused-ring (bicyclic) bond motifs is 1. The Balaban J connectivity index is 2.25. The van der Waals surface area contributed by atoms with E-state index in [0.717, 1.165) is 16.8 Å². The molecular formula is C16H9ClF3IN4O2. The van der Waals surface area contributed by atoms with Gasteiger partial charge in [-0.25, -0.2) is 5.84 Å². The summed E-state index contributed by atoms with van der Waals surface area (Å²) in [7, 11) is 0. The van der Waals surface area contributed by atoms with Gasteiger partial charge in [-0.15, -0.1) is 0 Å². The van der Waals surface area contributed by atoms with E-state index in [1.54, 1.807) is 0 Å². The van der Waals surface area contributed by atoms with Crippen LogP contribution in [0.25, 0.3) is 10.9 Å². The van der Waals surface area contributed by atoms with Crippen LogP contribution in [0.15, 0.2) is 36.4 Å². The molecule has 11 heteroatoms. The second-order valence-corrected chi connectivity index (χ2v) is 6.80. The predicted octanol–water partition coefficient (Wildman–Crippen LogP) is 3.61. The number of hydrazine groups is 1. The number of benzene rings is 2. The molecule has 1 aromatic heterocycles. The van der Waals surface area contributed by atoms with Gasteiger partial charge in [0, 0.05) is 10.9 Å². The standard InChI is InChI=1S/C16H9ClF3IN4O2/c17-10-3-1-2-9(16(18,19)20)12(10)15(27)25-11-6-7(14(26)23-22)4-5-8(11)13(21)24-25/h1-6H,22H2,(H,23,26). The van der Waals surface area contributed by atoms with Gasteiger partial charge in [0.1, 0.15) is 3.70 Å². The van der Waals surface area contributed by atoms with Crippen molar-refractivity contribution in [1.29, 1.82) is 0 Å². The lowest BCUT2D eigenvalue weighted by Gasteiger charge is -2.13. The fourth-order valence-corrected chi connectivity index (χ4v) is 3.47. The molecule has 0 fully saturated rings. The highest BCUT2D eigenvalue weighted by atomic mass is 127. The fraction of sp³-hybridized carbons (Fsp3) is 0.0625. The Bertz CT molecular complexity index is 1080. The number of carbonyl (C=O) groups is 2. The molecule has 0 aliphatic carbocycles. The quantitative estimate of drug-likeness (QED) is 0.240. The van der Waals surface area contributed by atoms with E-state index < -0.39 is 29.1 Å². The summed E-state index contributed by atoms with van der Waals surface area (Å²) in [6.45, 7) is 0. The van der Waals surface area contributed by atoms with E-state index in [2.05, 4.69) is 5.10 Å². The summed E-state index contributed by atoms with van der Waals surface area (Å²) in [6.07, 6.45) is -4.78. The van der Waals surface area contributed by atoms with Gasteiger partial charge in [-0.05, 0) is 52.9 Å². The summed E-state index contributed by atoms with van der Waals surface area (Å²) in [5.41, 5.74) is 0.321. The first kappa shape index (κ1) is 19.6. The number of rotatable bonds is 2. The maximum Gasteiger partial charge on any atom is 0.417 e. The van der Waals surface area contributed by atoms with Crippen molar-refractivity contribution in [2.24, 2.45) is 5.84 Å². The molecule has 140 valence electrons. The molecule has 0 aliphatic heterocycles. The molecule has 0 saturated heterocycles. The maximum absolute atomic E-state index is 13.3. The SMILES string of the molecule is NNC(=O)c1ccc2c(I)nn(C(=O)c3c(Cl)cccc3C(F)(F)F)c2c1. The molecule has 6 nitrogen and oxygen atoms in total. The van der Waals surface area contributed by atoms with E-state index in [1.807, 2.05) is 28.0 Å². The molecular weight excluding hydrogens is 500 g/mol. The fourth-order valence-electron chi connectivity index (χ4n) is 2.54. The third-order valence-corrected chi connectivity index (χ3v) is 4.87. The Morgan fingerprint density at radius 1 is 1.22 bits per heavy atom. The molecule has 0 unspecified atom stereocenters. The van der Waals surface area contributed by atoms with Crippen molar-refractivity contribution in [3.63, 3.8) is 0 Å². The van der Waals surface area contributed by atoms with Gasteiger partial charge >= 0.3 is 6.18 Å². The first-order valence-electron chi connectivity index (χ1n) is 7.24. The lowest BCUT2D eigenvalue weighted by molar-refractivity contribution is -0.137. The van der Waals surface area contributed by atoms with Gasteiger partial charge in [-0.2, -0.15) is 23.0 Å². The van der Waals surface area contributed by atoms with Crippen LogP contribution in [0.1, 0.15) is 26.3 Å². The molecule has 0 radical (unpaired) electrons. The Morgan fingerprint density at radius 3 is 2.56 bits per heavy atom. The zero-order valence-electron chi connectivity index (χ0n) is 13.1. The highest BCUT2D eigenvalue weighted by Crippen LogP contribution is 2.36. The maximum atomic E-state index is 13.3. The molecule has 2 aromatic carbocycles. The van der Waals surface area contributed by atoms with Crippen molar-refractivity contribution >= 4 is 56.9 Å². The minimum absolute atomic E-state index is 0.116. The molecule has 3 rings (SSSR count). The highest BCUT2D eigenvalue weighted by Gasteiger charge is 2.37. The predicted molar refractivity (Wildman–Crippen MR) is 100 cm³/mol. The van der Waals surface area contributed by atoms with Crippen LogP contribution < -0.4 is 11.3 Å². The minimum Gasteiger partial charge on any atom is -0.290 e. The van der Waals surface area contributed by atoms with Crippen LogP contribution in [0.4, 0.5) is 13.2 Å². The molecule has 0 aliphatic rings. The van der Waals surface area contributed by atoms with Gasteiger partial charge in [-0.1, -0.05) is 17.7 Å². The van der Waals surface area contributed by atoms with Crippen LogP contribution in [0, 0.1) is 3.70 Å². The number of halogens is 5. The van der Waals surface area contributed by atoms with Gasteiger partial charge in [-0.3, -0.25) is 15.0 Å². The van der Waals surface area contributed by atoms with Crippen LogP contribution >= 0.6 is 34.2 Å². The summed E-state index contributed by atoms with van der Waals surface area (Å²) < 4.78 is 41.2. The monoisotopic (exact) mass is 508 g/mol. The minimum atomic E-state index is -4.78. The smallest absolute Gasteiger partial charge is 0.290 e. The molecule has 0 atom stereocenters. The van der Waals surface area contributed by atoms with Crippen molar-refractivity contribution in [3.8, 4) is 0 Å². The van der Waals surface area contributed by atoms with Gasteiger partial charge in [0.25, 0.3) is 11.8 Å². The van der Waals surface area contributed by atoms with Crippen LogP contribution in [-0.2, 0) is 6.18 Å². The molecule has 3 N–H and O–H groups in total. The van der Waals surface area contributed by atoms with Crippen molar-refractivity contribution in [3.05, 3.63) is 61.8 Å². The van der Waals surface area contributed by atoms with Crippen LogP contribution in [-0.4, -0.2) is 21.6 Å². The van der Waals surface area contributed by atoms with Crippen molar-refractivity contribution < 1.29 is 22.8 Å². The largest absolute Gasteiger partial charge is 0.417 e. The zero-order chi connectivity index (χ0) is 19.9. The number of nitrogens with zero attached hydrogens (tertiary/aromatic N) is 2. The lowest BCUT2D eigenvalue weighted by Crippen LogP contribution is -2.30. The average Bonchev–Trinajstić information content (AvgIpc) is 2.95. The number of carbonyl (C=O) groups excluding carboxylic acids is 2. The van der Waals surface area contributed by atoms with E-state index in [-0.39, 0.29) is 16.1 Å². The average molecular weight is 509 g/mol. The molecule has 0 spiro atoms. The lowest BCUT2D eigenvalue weighted by atomic mass is 10.1. The van der Waals surface area contributed by atoms with Crippen LogP contribution in [0.3, 0.4) is 0 Å². The van der Waals surface area contributed by atoms with Crippen LogP contribution in [0.2, 0.25) is 5.02 Å². The summed E-state index contributed by atoms with van der Waals surface area (Å²) in [6, 6.07) is 7.36. The Kier molecular flexibility index (Phi) is 5.14. The van der Waals surface area contributed by atoms with E-state index in [1.165, 1.54) is 24.3 Å². The first-order valence-corrected chi connectivity index (χ1v) is 8.70. The summed E-state index contributed by atoms with van der Waals surface area (Å²) in [5.74, 6) is 3.41.